The Morgan fingerprint density at radius 3 is 2.33 bits per heavy atom. The average molecular weight is 261 g/mol. The van der Waals surface area contributed by atoms with Crippen molar-refractivity contribution in [1.29, 1.82) is 0 Å². The van der Waals surface area contributed by atoms with Gasteiger partial charge in [0, 0.05) is 17.4 Å². The van der Waals surface area contributed by atoms with Crippen LogP contribution in [0.5, 0.6) is 0 Å². The highest BCUT2D eigenvalue weighted by atomic mass is 35.5. The summed E-state index contributed by atoms with van der Waals surface area (Å²) in [5.41, 5.74) is 8.42. The van der Waals surface area contributed by atoms with Gasteiger partial charge in [0.25, 0.3) is 0 Å². The first-order chi connectivity index (χ1) is 8.79. The molecule has 1 aromatic carbocycles. The van der Waals surface area contributed by atoms with E-state index < -0.39 is 0 Å². The van der Waals surface area contributed by atoms with E-state index in [2.05, 4.69) is 29.2 Å². The standard InChI is InChI=1S/C15H17ClN2/c16-15-5-3-13(4-6-15)14(11-17)2-1-12-7-9-18-10-8-12/h3-10,14H,1-2,11,17H2. The third kappa shape index (κ3) is 3.56. The summed E-state index contributed by atoms with van der Waals surface area (Å²) in [5, 5.41) is 0.767. The Morgan fingerprint density at radius 2 is 1.72 bits per heavy atom. The summed E-state index contributed by atoms with van der Waals surface area (Å²) in [5.74, 6) is 0.385. The number of rotatable bonds is 5. The summed E-state index contributed by atoms with van der Waals surface area (Å²) in [6.45, 7) is 0.659. The Balaban J connectivity index is 1.99. The van der Waals surface area contributed by atoms with E-state index in [1.54, 1.807) is 0 Å². The van der Waals surface area contributed by atoms with Crippen LogP contribution in [0.25, 0.3) is 0 Å². The highest BCUT2D eigenvalue weighted by molar-refractivity contribution is 6.30. The van der Waals surface area contributed by atoms with Gasteiger partial charge in [-0.25, -0.2) is 0 Å². The van der Waals surface area contributed by atoms with Crippen molar-refractivity contribution in [3.05, 3.63) is 64.9 Å². The van der Waals surface area contributed by atoms with E-state index in [0.29, 0.717) is 12.5 Å². The lowest BCUT2D eigenvalue weighted by Crippen LogP contribution is -2.13. The second-order valence-corrected chi connectivity index (χ2v) is 4.81. The Labute approximate surface area is 113 Å². The third-order valence-corrected chi connectivity index (χ3v) is 3.41. The number of halogens is 1. The van der Waals surface area contributed by atoms with Gasteiger partial charge in [-0.05, 0) is 60.7 Å². The van der Waals surface area contributed by atoms with Crippen molar-refractivity contribution in [2.45, 2.75) is 18.8 Å². The van der Waals surface area contributed by atoms with Crippen LogP contribution in [0, 0.1) is 0 Å². The first-order valence-electron chi connectivity index (χ1n) is 6.14. The molecule has 2 nitrogen and oxygen atoms in total. The summed E-state index contributed by atoms with van der Waals surface area (Å²) < 4.78 is 0. The van der Waals surface area contributed by atoms with Gasteiger partial charge >= 0.3 is 0 Å². The minimum atomic E-state index is 0.385. The molecule has 0 amide bonds. The van der Waals surface area contributed by atoms with Gasteiger partial charge in [-0.1, -0.05) is 23.7 Å². The molecule has 2 N–H and O–H groups in total. The summed E-state index contributed by atoms with van der Waals surface area (Å²) >= 11 is 5.89. The molecule has 2 aromatic rings. The first-order valence-corrected chi connectivity index (χ1v) is 6.52. The Morgan fingerprint density at radius 1 is 1.06 bits per heavy atom. The molecule has 18 heavy (non-hydrogen) atoms. The third-order valence-electron chi connectivity index (χ3n) is 3.16. The molecule has 1 unspecified atom stereocenters. The Hall–Kier alpha value is -1.38. The number of benzene rings is 1. The average Bonchev–Trinajstić information content (AvgIpc) is 2.42. The van der Waals surface area contributed by atoms with Gasteiger partial charge in [-0.2, -0.15) is 0 Å². The second kappa shape index (κ2) is 6.53. The van der Waals surface area contributed by atoms with Crippen molar-refractivity contribution in [2.75, 3.05) is 6.54 Å². The summed E-state index contributed by atoms with van der Waals surface area (Å²) in [6.07, 6.45) is 5.72. The van der Waals surface area contributed by atoms with Gasteiger partial charge in [0.1, 0.15) is 0 Å². The molecule has 0 bridgehead atoms. The fourth-order valence-electron chi connectivity index (χ4n) is 2.05. The minimum absolute atomic E-state index is 0.385. The van der Waals surface area contributed by atoms with Crippen molar-refractivity contribution in [3.8, 4) is 0 Å². The summed E-state index contributed by atoms with van der Waals surface area (Å²) in [6, 6.07) is 12.1. The van der Waals surface area contributed by atoms with Gasteiger partial charge in [0.2, 0.25) is 0 Å². The van der Waals surface area contributed by atoms with E-state index in [1.165, 1.54) is 11.1 Å². The van der Waals surface area contributed by atoms with Crippen LogP contribution in [0.1, 0.15) is 23.5 Å². The molecule has 2 rings (SSSR count). The molecule has 1 heterocycles. The highest BCUT2D eigenvalue weighted by Crippen LogP contribution is 2.22. The van der Waals surface area contributed by atoms with Crippen LogP contribution in [0.3, 0.4) is 0 Å². The maximum atomic E-state index is 5.89. The molecule has 0 aliphatic heterocycles. The topological polar surface area (TPSA) is 38.9 Å². The smallest absolute Gasteiger partial charge is 0.0406 e. The summed E-state index contributed by atoms with van der Waals surface area (Å²) in [7, 11) is 0. The molecule has 94 valence electrons. The van der Waals surface area contributed by atoms with Crippen molar-refractivity contribution in [2.24, 2.45) is 5.73 Å². The minimum Gasteiger partial charge on any atom is -0.330 e. The molecular weight excluding hydrogens is 244 g/mol. The number of nitrogens with zero attached hydrogens (tertiary/aromatic N) is 1. The molecule has 1 atom stereocenters. The lowest BCUT2D eigenvalue weighted by molar-refractivity contribution is 0.633. The zero-order chi connectivity index (χ0) is 12.8. The van der Waals surface area contributed by atoms with Crippen molar-refractivity contribution >= 4 is 11.6 Å². The van der Waals surface area contributed by atoms with E-state index in [0.717, 1.165) is 17.9 Å². The van der Waals surface area contributed by atoms with Crippen molar-refractivity contribution in [3.63, 3.8) is 0 Å². The van der Waals surface area contributed by atoms with Crippen LogP contribution in [-0.4, -0.2) is 11.5 Å². The van der Waals surface area contributed by atoms with Crippen LogP contribution in [0.4, 0.5) is 0 Å². The summed E-state index contributed by atoms with van der Waals surface area (Å²) in [4.78, 5) is 4.02. The molecule has 0 radical (unpaired) electrons. The Kier molecular flexibility index (Phi) is 4.73. The van der Waals surface area contributed by atoms with Crippen LogP contribution < -0.4 is 5.73 Å². The van der Waals surface area contributed by atoms with Crippen molar-refractivity contribution in [1.82, 2.24) is 4.98 Å². The zero-order valence-corrected chi connectivity index (χ0v) is 11.0. The van der Waals surface area contributed by atoms with Crippen LogP contribution in [-0.2, 0) is 6.42 Å². The van der Waals surface area contributed by atoms with E-state index in [9.17, 15) is 0 Å². The fourth-order valence-corrected chi connectivity index (χ4v) is 2.17. The normalized spacial score (nSPS) is 12.3. The van der Waals surface area contributed by atoms with Gasteiger partial charge in [0.05, 0.1) is 0 Å². The largest absolute Gasteiger partial charge is 0.330 e. The fraction of sp³-hybridized carbons (Fsp3) is 0.267. The zero-order valence-electron chi connectivity index (χ0n) is 10.2. The number of aromatic nitrogens is 1. The number of hydrogen-bond donors (Lipinski definition) is 1. The quantitative estimate of drug-likeness (QED) is 0.895. The van der Waals surface area contributed by atoms with E-state index >= 15 is 0 Å². The second-order valence-electron chi connectivity index (χ2n) is 4.38. The number of pyridine rings is 1. The van der Waals surface area contributed by atoms with E-state index in [-0.39, 0.29) is 0 Å². The van der Waals surface area contributed by atoms with Crippen LogP contribution in [0.15, 0.2) is 48.8 Å². The first kappa shape index (κ1) is 13.1. The molecular formula is C15H17ClN2. The highest BCUT2D eigenvalue weighted by Gasteiger charge is 2.09. The number of aryl methyl sites for hydroxylation is 1. The maximum Gasteiger partial charge on any atom is 0.0406 e. The van der Waals surface area contributed by atoms with Crippen LogP contribution in [0.2, 0.25) is 5.02 Å². The molecule has 1 aromatic heterocycles. The van der Waals surface area contributed by atoms with Gasteiger partial charge in [0.15, 0.2) is 0 Å². The molecule has 0 fully saturated rings. The van der Waals surface area contributed by atoms with Crippen molar-refractivity contribution < 1.29 is 0 Å². The monoisotopic (exact) mass is 260 g/mol. The Bertz CT molecular complexity index is 468. The van der Waals surface area contributed by atoms with Gasteiger partial charge in [-0.3, -0.25) is 4.98 Å². The lowest BCUT2D eigenvalue weighted by atomic mass is 9.93. The van der Waals surface area contributed by atoms with E-state index in [1.807, 2.05) is 24.5 Å². The predicted molar refractivity (Wildman–Crippen MR) is 75.8 cm³/mol. The molecule has 0 aliphatic carbocycles. The molecule has 3 heteroatoms. The van der Waals surface area contributed by atoms with E-state index in [4.69, 9.17) is 17.3 Å². The molecule has 0 saturated heterocycles. The van der Waals surface area contributed by atoms with Gasteiger partial charge < -0.3 is 5.73 Å². The SMILES string of the molecule is NCC(CCc1ccncc1)c1ccc(Cl)cc1. The molecule has 0 saturated carbocycles. The predicted octanol–water partition coefficient (Wildman–Crippen LogP) is 3.41. The lowest BCUT2D eigenvalue weighted by Gasteiger charge is -2.15. The maximum absolute atomic E-state index is 5.89. The number of hydrogen-bond acceptors (Lipinski definition) is 2. The molecule has 0 aliphatic rings. The molecule has 0 spiro atoms. The number of nitrogens with two attached hydrogens (primary N) is 1. The van der Waals surface area contributed by atoms with Crippen LogP contribution >= 0.6 is 11.6 Å². The van der Waals surface area contributed by atoms with Gasteiger partial charge in [-0.15, -0.1) is 0 Å².